The molecule has 0 spiro atoms. The fourth-order valence-corrected chi connectivity index (χ4v) is 3.56. The molecule has 0 fully saturated rings. The lowest BCUT2D eigenvalue weighted by Gasteiger charge is -2.05. The molecule has 3 aromatic heterocycles. The summed E-state index contributed by atoms with van der Waals surface area (Å²) in [5.41, 5.74) is 2.80. The lowest BCUT2D eigenvalue weighted by molar-refractivity contribution is 0.0955. The van der Waals surface area contributed by atoms with Gasteiger partial charge in [0, 0.05) is 35.4 Å². The average molecular weight is 345 g/mol. The SMILES string of the molecule is O=C(NCc1ccc(-c2cccnc2)nc1)c1cc2ccccc2s1. The maximum Gasteiger partial charge on any atom is 0.261 e. The third kappa shape index (κ3) is 3.41. The molecule has 0 saturated carbocycles. The van der Waals surface area contributed by atoms with E-state index in [1.165, 1.54) is 11.3 Å². The molecule has 0 bridgehead atoms. The van der Waals surface area contributed by atoms with Crippen LogP contribution in [0, 0.1) is 0 Å². The Morgan fingerprint density at radius 1 is 1.04 bits per heavy atom. The van der Waals surface area contributed by atoms with E-state index in [-0.39, 0.29) is 5.91 Å². The van der Waals surface area contributed by atoms with E-state index in [0.717, 1.165) is 31.8 Å². The highest BCUT2D eigenvalue weighted by Crippen LogP contribution is 2.25. The van der Waals surface area contributed by atoms with Gasteiger partial charge in [0.2, 0.25) is 0 Å². The maximum atomic E-state index is 12.3. The lowest BCUT2D eigenvalue weighted by Crippen LogP contribution is -2.21. The first-order valence-electron chi connectivity index (χ1n) is 7.92. The highest BCUT2D eigenvalue weighted by Gasteiger charge is 2.10. The van der Waals surface area contributed by atoms with Gasteiger partial charge in [-0.3, -0.25) is 14.8 Å². The second-order valence-corrected chi connectivity index (χ2v) is 6.71. The molecule has 0 unspecified atom stereocenters. The molecule has 0 aliphatic rings. The van der Waals surface area contributed by atoms with Crippen molar-refractivity contribution in [2.24, 2.45) is 0 Å². The average Bonchev–Trinajstić information content (AvgIpc) is 3.11. The molecule has 25 heavy (non-hydrogen) atoms. The van der Waals surface area contributed by atoms with Crippen LogP contribution in [-0.4, -0.2) is 15.9 Å². The molecule has 0 atom stereocenters. The summed E-state index contributed by atoms with van der Waals surface area (Å²) in [6.07, 6.45) is 5.31. The Balaban J connectivity index is 1.43. The first-order valence-corrected chi connectivity index (χ1v) is 8.73. The number of carbonyl (C=O) groups excluding carboxylic acids is 1. The van der Waals surface area contributed by atoms with Crippen LogP contribution in [0.3, 0.4) is 0 Å². The first-order chi connectivity index (χ1) is 12.3. The van der Waals surface area contributed by atoms with E-state index in [2.05, 4.69) is 15.3 Å². The van der Waals surface area contributed by atoms with Crippen LogP contribution in [0.4, 0.5) is 0 Å². The van der Waals surface area contributed by atoms with Crippen LogP contribution in [0.2, 0.25) is 0 Å². The van der Waals surface area contributed by atoms with Gasteiger partial charge in [-0.2, -0.15) is 0 Å². The van der Waals surface area contributed by atoms with Gasteiger partial charge in [-0.05, 0) is 41.3 Å². The van der Waals surface area contributed by atoms with Gasteiger partial charge in [0.15, 0.2) is 0 Å². The normalized spacial score (nSPS) is 10.7. The van der Waals surface area contributed by atoms with Crippen molar-refractivity contribution in [2.75, 3.05) is 0 Å². The van der Waals surface area contributed by atoms with E-state index >= 15 is 0 Å². The Morgan fingerprint density at radius 3 is 2.72 bits per heavy atom. The Morgan fingerprint density at radius 2 is 1.96 bits per heavy atom. The molecule has 1 amide bonds. The van der Waals surface area contributed by atoms with E-state index in [4.69, 9.17) is 0 Å². The largest absolute Gasteiger partial charge is 0.347 e. The zero-order valence-corrected chi connectivity index (χ0v) is 14.2. The number of benzene rings is 1. The minimum absolute atomic E-state index is 0.0578. The van der Waals surface area contributed by atoms with Crippen molar-refractivity contribution in [2.45, 2.75) is 6.54 Å². The highest BCUT2D eigenvalue weighted by molar-refractivity contribution is 7.20. The fourth-order valence-electron chi connectivity index (χ4n) is 2.58. The molecule has 0 aliphatic carbocycles. The van der Waals surface area contributed by atoms with Gasteiger partial charge in [0.05, 0.1) is 10.6 Å². The van der Waals surface area contributed by atoms with Gasteiger partial charge < -0.3 is 5.32 Å². The number of hydrogen-bond donors (Lipinski definition) is 1. The van der Waals surface area contributed by atoms with Crippen molar-refractivity contribution < 1.29 is 4.79 Å². The van der Waals surface area contributed by atoms with Gasteiger partial charge >= 0.3 is 0 Å². The van der Waals surface area contributed by atoms with Crippen LogP contribution >= 0.6 is 11.3 Å². The fraction of sp³-hybridized carbons (Fsp3) is 0.0500. The highest BCUT2D eigenvalue weighted by atomic mass is 32.1. The van der Waals surface area contributed by atoms with E-state index in [1.807, 2.05) is 54.6 Å². The second-order valence-electron chi connectivity index (χ2n) is 5.62. The molecule has 122 valence electrons. The van der Waals surface area contributed by atoms with Crippen LogP contribution in [0.5, 0.6) is 0 Å². The predicted molar refractivity (Wildman–Crippen MR) is 100 cm³/mol. The number of nitrogens with zero attached hydrogens (tertiary/aromatic N) is 2. The molecule has 1 aromatic carbocycles. The smallest absolute Gasteiger partial charge is 0.261 e. The Kier molecular flexibility index (Phi) is 4.23. The molecule has 4 nitrogen and oxygen atoms in total. The molecular formula is C20H15N3OS. The Hall–Kier alpha value is -3.05. The number of pyridine rings is 2. The molecule has 4 aromatic rings. The Labute approximate surface area is 149 Å². The topological polar surface area (TPSA) is 54.9 Å². The summed E-state index contributed by atoms with van der Waals surface area (Å²) in [6.45, 7) is 0.452. The molecular weight excluding hydrogens is 330 g/mol. The number of thiophene rings is 1. The summed E-state index contributed by atoms with van der Waals surface area (Å²) in [6, 6.07) is 17.7. The van der Waals surface area contributed by atoms with Crippen molar-refractivity contribution in [3.8, 4) is 11.3 Å². The molecule has 1 N–H and O–H groups in total. The van der Waals surface area contributed by atoms with Crippen LogP contribution in [0.25, 0.3) is 21.3 Å². The molecule has 5 heteroatoms. The number of carbonyl (C=O) groups is 1. The molecule has 0 saturated heterocycles. The quantitative estimate of drug-likeness (QED) is 0.600. The van der Waals surface area contributed by atoms with E-state index in [1.54, 1.807) is 18.6 Å². The van der Waals surface area contributed by atoms with E-state index in [9.17, 15) is 4.79 Å². The number of nitrogens with one attached hydrogen (secondary N) is 1. The third-order valence-electron chi connectivity index (χ3n) is 3.88. The van der Waals surface area contributed by atoms with Crippen molar-refractivity contribution in [1.82, 2.24) is 15.3 Å². The number of aromatic nitrogens is 2. The third-order valence-corrected chi connectivity index (χ3v) is 5.00. The van der Waals surface area contributed by atoms with Crippen molar-refractivity contribution >= 4 is 27.3 Å². The monoisotopic (exact) mass is 345 g/mol. The number of hydrogen-bond acceptors (Lipinski definition) is 4. The number of amides is 1. The number of fused-ring (bicyclic) bond motifs is 1. The summed E-state index contributed by atoms with van der Waals surface area (Å²) < 4.78 is 1.12. The summed E-state index contributed by atoms with van der Waals surface area (Å²) in [7, 11) is 0. The predicted octanol–water partition coefficient (Wildman–Crippen LogP) is 4.29. The van der Waals surface area contributed by atoms with E-state index < -0.39 is 0 Å². The van der Waals surface area contributed by atoms with Crippen LogP contribution in [0.1, 0.15) is 15.2 Å². The van der Waals surface area contributed by atoms with Crippen LogP contribution in [-0.2, 0) is 6.54 Å². The van der Waals surface area contributed by atoms with Gasteiger partial charge in [-0.1, -0.05) is 24.3 Å². The minimum atomic E-state index is -0.0578. The zero-order chi connectivity index (χ0) is 17.1. The summed E-state index contributed by atoms with van der Waals surface area (Å²) in [4.78, 5) is 21.6. The first kappa shape index (κ1) is 15.5. The van der Waals surface area contributed by atoms with E-state index in [0.29, 0.717) is 6.54 Å². The maximum absolute atomic E-state index is 12.3. The lowest BCUT2D eigenvalue weighted by atomic mass is 10.1. The zero-order valence-electron chi connectivity index (χ0n) is 13.3. The Bertz CT molecular complexity index is 977. The van der Waals surface area contributed by atoms with Crippen molar-refractivity contribution in [3.05, 3.63) is 83.6 Å². The minimum Gasteiger partial charge on any atom is -0.347 e. The summed E-state index contributed by atoms with van der Waals surface area (Å²) in [5, 5.41) is 4.05. The van der Waals surface area contributed by atoms with Gasteiger partial charge in [-0.25, -0.2) is 0 Å². The molecule has 4 rings (SSSR count). The van der Waals surface area contributed by atoms with Gasteiger partial charge in [-0.15, -0.1) is 11.3 Å². The molecule has 3 heterocycles. The van der Waals surface area contributed by atoms with Gasteiger partial charge in [0.25, 0.3) is 5.91 Å². The second kappa shape index (κ2) is 6.83. The van der Waals surface area contributed by atoms with Crippen LogP contribution < -0.4 is 5.32 Å². The van der Waals surface area contributed by atoms with Crippen molar-refractivity contribution in [3.63, 3.8) is 0 Å². The van der Waals surface area contributed by atoms with Crippen molar-refractivity contribution in [1.29, 1.82) is 0 Å². The molecule has 0 radical (unpaired) electrons. The van der Waals surface area contributed by atoms with Crippen LogP contribution in [0.15, 0.2) is 73.2 Å². The van der Waals surface area contributed by atoms with Gasteiger partial charge in [0.1, 0.15) is 0 Å². The number of rotatable bonds is 4. The summed E-state index contributed by atoms with van der Waals surface area (Å²) >= 11 is 1.51. The standard InChI is InChI=1S/C20H15N3OS/c24-20(19-10-15-4-1-2-6-18(15)25-19)23-12-14-7-8-17(22-11-14)16-5-3-9-21-13-16/h1-11,13H,12H2,(H,23,24). The molecule has 0 aliphatic heterocycles. The summed E-state index contributed by atoms with van der Waals surface area (Å²) in [5.74, 6) is -0.0578.